The van der Waals surface area contributed by atoms with E-state index < -0.39 is 0 Å². The van der Waals surface area contributed by atoms with E-state index in [-0.39, 0.29) is 0 Å². The van der Waals surface area contributed by atoms with Crippen LogP contribution in [-0.4, -0.2) is 22.6 Å². The van der Waals surface area contributed by atoms with E-state index in [4.69, 9.17) is 0 Å². The van der Waals surface area contributed by atoms with Crippen LogP contribution in [0.1, 0.15) is 38.3 Å². The Hall–Kier alpha value is -0.990. The van der Waals surface area contributed by atoms with Crippen molar-refractivity contribution in [3.63, 3.8) is 0 Å². The van der Waals surface area contributed by atoms with Gasteiger partial charge in [-0.15, -0.1) is 0 Å². The Morgan fingerprint density at radius 2 is 2.50 bits per heavy atom. The number of nitrogens with one attached hydrogen (secondary N) is 1. The van der Waals surface area contributed by atoms with Gasteiger partial charge in [0.2, 0.25) is 5.95 Å². The molecule has 1 N–H and O–H groups in total. The summed E-state index contributed by atoms with van der Waals surface area (Å²) in [5.41, 5.74) is 1.15. The molecule has 78 valence electrons. The van der Waals surface area contributed by atoms with E-state index in [9.17, 15) is 0 Å². The fourth-order valence-corrected chi connectivity index (χ4v) is 2.29. The summed E-state index contributed by atoms with van der Waals surface area (Å²) in [6, 6.07) is 0.713. The topological polar surface area (TPSA) is 31.9 Å². The van der Waals surface area contributed by atoms with Crippen LogP contribution in [0.5, 0.6) is 0 Å². The third-order valence-corrected chi connectivity index (χ3v) is 2.96. The van der Waals surface area contributed by atoms with Gasteiger partial charge in [-0.25, -0.2) is 4.98 Å². The zero-order valence-corrected chi connectivity index (χ0v) is 9.08. The average Bonchev–Trinajstić information content (AvgIpc) is 2.74. The molecule has 3 heteroatoms. The molecule has 3 nitrogen and oxygen atoms in total. The summed E-state index contributed by atoms with van der Waals surface area (Å²) in [6.07, 6.45) is 7.11. The van der Waals surface area contributed by atoms with Crippen molar-refractivity contribution in [1.29, 1.82) is 0 Å². The molecule has 1 aromatic heterocycles. The maximum atomic E-state index is 4.40. The highest BCUT2D eigenvalue weighted by Gasteiger charge is 2.25. The van der Waals surface area contributed by atoms with E-state index in [1.807, 2.05) is 6.20 Å². The second kappa shape index (κ2) is 4.03. The molecular formula is C11H19N3. The van der Waals surface area contributed by atoms with Crippen molar-refractivity contribution in [2.75, 3.05) is 11.4 Å². The predicted molar refractivity (Wildman–Crippen MR) is 58.6 cm³/mol. The Bertz CT molecular complexity index is 292. The normalized spacial score (nSPS) is 21.9. The van der Waals surface area contributed by atoms with E-state index in [2.05, 4.69) is 28.7 Å². The molecule has 1 saturated heterocycles. The summed E-state index contributed by atoms with van der Waals surface area (Å²) in [7, 11) is 0. The number of anilines is 1. The van der Waals surface area contributed by atoms with Crippen LogP contribution >= 0.6 is 0 Å². The Labute approximate surface area is 85.5 Å². The SMILES string of the molecule is CCCC1CCCN1c1ncc(C)[nH]1. The van der Waals surface area contributed by atoms with Crippen molar-refractivity contribution in [1.82, 2.24) is 9.97 Å². The molecule has 0 amide bonds. The van der Waals surface area contributed by atoms with Crippen LogP contribution in [0, 0.1) is 6.92 Å². The molecule has 0 spiro atoms. The van der Waals surface area contributed by atoms with Crippen molar-refractivity contribution in [2.24, 2.45) is 0 Å². The number of imidazole rings is 1. The third-order valence-electron chi connectivity index (χ3n) is 2.96. The first kappa shape index (κ1) is 9.56. The number of H-pyrrole nitrogens is 1. The zero-order chi connectivity index (χ0) is 9.97. The van der Waals surface area contributed by atoms with E-state index in [0.29, 0.717) is 6.04 Å². The molecule has 1 aliphatic rings. The van der Waals surface area contributed by atoms with Crippen LogP contribution in [-0.2, 0) is 0 Å². The number of hydrogen-bond donors (Lipinski definition) is 1. The molecular weight excluding hydrogens is 174 g/mol. The highest BCUT2D eigenvalue weighted by Crippen LogP contribution is 2.25. The molecule has 0 aromatic carbocycles. The molecule has 2 rings (SSSR count). The lowest BCUT2D eigenvalue weighted by Gasteiger charge is -2.23. The molecule has 1 aromatic rings. The van der Waals surface area contributed by atoms with Crippen LogP contribution in [0.4, 0.5) is 5.95 Å². The molecule has 0 aliphatic carbocycles. The monoisotopic (exact) mass is 193 g/mol. The molecule has 1 unspecified atom stereocenters. The first-order chi connectivity index (χ1) is 6.81. The fourth-order valence-electron chi connectivity index (χ4n) is 2.29. The molecule has 1 atom stereocenters. The van der Waals surface area contributed by atoms with Crippen LogP contribution in [0.15, 0.2) is 6.20 Å². The number of rotatable bonds is 3. The van der Waals surface area contributed by atoms with E-state index in [1.54, 1.807) is 0 Å². The molecule has 1 fully saturated rings. The molecule has 0 bridgehead atoms. The van der Waals surface area contributed by atoms with E-state index in [0.717, 1.165) is 18.2 Å². The largest absolute Gasteiger partial charge is 0.339 e. The minimum absolute atomic E-state index is 0.713. The Kier molecular flexibility index (Phi) is 2.75. The second-order valence-electron chi connectivity index (χ2n) is 4.17. The number of aromatic nitrogens is 2. The van der Waals surface area contributed by atoms with E-state index >= 15 is 0 Å². The lowest BCUT2D eigenvalue weighted by molar-refractivity contribution is 0.593. The van der Waals surface area contributed by atoms with Gasteiger partial charge in [0.05, 0.1) is 0 Å². The van der Waals surface area contributed by atoms with Gasteiger partial charge in [0.15, 0.2) is 0 Å². The fraction of sp³-hybridized carbons (Fsp3) is 0.727. The van der Waals surface area contributed by atoms with Gasteiger partial charge in [-0.2, -0.15) is 0 Å². The lowest BCUT2D eigenvalue weighted by Crippen LogP contribution is -2.29. The predicted octanol–water partition coefficient (Wildman–Crippen LogP) is 2.49. The quantitative estimate of drug-likeness (QED) is 0.799. The molecule has 14 heavy (non-hydrogen) atoms. The minimum Gasteiger partial charge on any atom is -0.339 e. The van der Waals surface area contributed by atoms with Gasteiger partial charge in [-0.1, -0.05) is 13.3 Å². The number of aromatic amines is 1. The van der Waals surface area contributed by atoms with Gasteiger partial charge < -0.3 is 9.88 Å². The Morgan fingerprint density at radius 1 is 1.64 bits per heavy atom. The summed E-state index contributed by atoms with van der Waals surface area (Å²) >= 11 is 0. The maximum absolute atomic E-state index is 4.40. The van der Waals surface area contributed by atoms with Gasteiger partial charge in [-0.3, -0.25) is 0 Å². The van der Waals surface area contributed by atoms with Gasteiger partial charge in [0, 0.05) is 24.5 Å². The van der Waals surface area contributed by atoms with Crippen LogP contribution < -0.4 is 4.90 Å². The first-order valence-corrected chi connectivity index (χ1v) is 5.59. The lowest BCUT2D eigenvalue weighted by atomic mass is 10.1. The summed E-state index contributed by atoms with van der Waals surface area (Å²) in [6.45, 7) is 5.48. The van der Waals surface area contributed by atoms with Crippen molar-refractivity contribution in [3.05, 3.63) is 11.9 Å². The number of nitrogens with zero attached hydrogens (tertiary/aromatic N) is 2. The number of hydrogen-bond acceptors (Lipinski definition) is 2. The molecule has 2 heterocycles. The third kappa shape index (κ3) is 1.76. The Balaban J connectivity index is 2.09. The molecule has 0 saturated carbocycles. The average molecular weight is 193 g/mol. The summed E-state index contributed by atoms with van der Waals surface area (Å²) in [4.78, 5) is 10.1. The highest BCUT2D eigenvalue weighted by molar-refractivity contribution is 5.34. The maximum Gasteiger partial charge on any atom is 0.203 e. The summed E-state index contributed by atoms with van der Waals surface area (Å²) < 4.78 is 0. The van der Waals surface area contributed by atoms with Crippen molar-refractivity contribution >= 4 is 5.95 Å². The van der Waals surface area contributed by atoms with Gasteiger partial charge in [-0.05, 0) is 26.2 Å². The summed E-state index contributed by atoms with van der Waals surface area (Å²) in [5, 5.41) is 0. The first-order valence-electron chi connectivity index (χ1n) is 5.59. The van der Waals surface area contributed by atoms with Crippen LogP contribution in [0.3, 0.4) is 0 Å². The Morgan fingerprint density at radius 3 is 3.14 bits per heavy atom. The standard InChI is InChI=1S/C11H19N3/c1-3-5-10-6-4-7-14(10)11-12-8-9(2)13-11/h8,10H,3-7H2,1-2H3,(H,12,13). The van der Waals surface area contributed by atoms with Crippen LogP contribution in [0.2, 0.25) is 0 Å². The zero-order valence-electron chi connectivity index (χ0n) is 9.08. The van der Waals surface area contributed by atoms with Crippen LogP contribution in [0.25, 0.3) is 0 Å². The van der Waals surface area contributed by atoms with Gasteiger partial charge >= 0.3 is 0 Å². The summed E-state index contributed by atoms with van der Waals surface area (Å²) in [5.74, 6) is 1.07. The van der Waals surface area contributed by atoms with Gasteiger partial charge in [0.25, 0.3) is 0 Å². The minimum atomic E-state index is 0.713. The molecule has 1 aliphatic heterocycles. The van der Waals surface area contributed by atoms with Gasteiger partial charge in [0.1, 0.15) is 0 Å². The van der Waals surface area contributed by atoms with E-state index in [1.165, 1.54) is 25.7 Å². The second-order valence-corrected chi connectivity index (χ2v) is 4.17. The number of aryl methyl sites for hydroxylation is 1. The smallest absolute Gasteiger partial charge is 0.203 e. The van der Waals surface area contributed by atoms with Crippen molar-refractivity contribution in [2.45, 2.75) is 45.6 Å². The van der Waals surface area contributed by atoms with Crippen molar-refractivity contribution in [3.8, 4) is 0 Å². The molecule has 0 radical (unpaired) electrons. The van der Waals surface area contributed by atoms with Crippen molar-refractivity contribution < 1.29 is 0 Å². The highest BCUT2D eigenvalue weighted by atomic mass is 15.3.